The van der Waals surface area contributed by atoms with Gasteiger partial charge in [0.05, 0.1) is 0 Å². The van der Waals surface area contributed by atoms with E-state index in [-0.39, 0.29) is 17.9 Å². The molecule has 0 aliphatic heterocycles. The molecule has 0 amide bonds. The Bertz CT molecular complexity index is 438. The van der Waals surface area contributed by atoms with E-state index in [4.69, 9.17) is 0 Å². The first kappa shape index (κ1) is 14.6. The zero-order chi connectivity index (χ0) is 13.7. The maximum absolute atomic E-state index is 13.8. The van der Waals surface area contributed by atoms with E-state index >= 15 is 0 Å². The average molecular weight is 250 g/mol. The van der Waals surface area contributed by atoms with Crippen LogP contribution in [0.3, 0.4) is 0 Å². The van der Waals surface area contributed by atoms with Crippen molar-refractivity contribution in [1.82, 2.24) is 0 Å². The van der Waals surface area contributed by atoms with Gasteiger partial charge in [0.1, 0.15) is 0 Å². The molecule has 0 radical (unpaired) electrons. The second kappa shape index (κ2) is 6.43. The average Bonchev–Trinajstić information content (AvgIpc) is 2.36. The molecular weight excluding hydrogens is 231 g/mol. The van der Waals surface area contributed by atoms with Gasteiger partial charge in [0.15, 0.2) is 5.78 Å². The van der Waals surface area contributed by atoms with E-state index in [2.05, 4.69) is 0 Å². The third-order valence-corrected chi connectivity index (χ3v) is 2.74. The first-order valence-corrected chi connectivity index (χ1v) is 6.25. The van der Waals surface area contributed by atoms with E-state index in [0.29, 0.717) is 0 Å². The fourth-order valence-corrected chi connectivity index (χ4v) is 1.74. The minimum Gasteiger partial charge on any atom is -0.296 e. The molecule has 0 heterocycles. The van der Waals surface area contributed by atoms with Gasteiger partial charge in [0.25, 0.3) is 0 Å². The van der Waals surface area contributed by atoms with Gasteiger partial charge < -0.3 is 0 Å². The van der Waals surface area contributed by atoms with Gasteiger partial charge in [-0.15, -0.1) is 0 Å². The molecule has 18 heavy (non-hydrogen) atoms. The maximum Gasteiger partial charge on any atom is 0.220 e. The Kier molecular flexibility index (Phi) is 5.20. The minimum absolute atomic E-state index is 0.0607. The van der Waals surface area contributed by atoms with Crippen LogP contribution < -0.4 is 0 Å². The number of hydrogen-bond acceptors (Lipinski definition) is 2. The van der Waals surface area contributed by atoms with Crippen LogP contribution in [-0.4, -0.2) is 17.7 Å². The van der Waals surface area contributed by atoms with Crippen molar-refractivity contribution in [2.45, 2.75) is 39.8 Å². The molecule has 1 rings (SSSR count). The summed E-state index contributed by atoms with van der Waals surface area (Å²) >= 11 is 0. The maximum atomic E-state index is 13.8. The number of aryl methyl sites for hydroxylation is 1. The molecule has 0 aliphatic rings. The number of rotatable bonds is 6. The zero-order valence-electron chi connectivity index (χ0n) is 11.1. The van der Waals surface area contributed by atoms with Gasteiger partial charge >= 0.3 is 0 Å². The topological polar surface area (TPSA) is 34.1 Å². The number of hydrogen-bond donors (Lipinski definition) is 0. The smallest absolute Gasteiger partial charge is 0.220 e. The molecule has 0 saturated carbocycles. The normalized spacial score (nSPS) is 12.5. The van der Waals surface area contributed by atoms with Crippen LogP contribution in [0.1, 0.15) is 43.1 Å². The molecule has 3 heteroatoms. The van der Waals surface area contributed by atoms with E-state index in [1.165, 1.54) is 0 Å². The Morgan fingerprint density at radius 1 is 1.28 bits per heavy atom. The SMILES string of the molecule is CCc1cccc(C(=O)C(F)C(=O)CC(C)C)c1. The summed E-state index contributed by atoms with van der Waals surface area (Å²) in [6.07, 6.45) is -1.15. The summed E-state index contributed by atoms with van der Waals surface area (Å²) in [5, 5.41) is 0. The summed E-state index contributed by atoms with van der Waals surface area (Å²) < 4.78 is 13.8. The Balaban J connectivity index is 2.82. The standard InChI is InChI=1S/C15H19FO2/c1-4-11-6-5-7-12(9-11)15(18)14(16)13(17)8-10(2)3/h5-7,9-10,14H,4,8H2,1-3H3. The van der Waals surface area contributed by atoms with Crippen molar-refractivity contribution >= 4 is 11.6 Å². The molecule has 1 aromatic carbocycles. The van der Waals surface area contributed by atoms with E-state index in [1.54, 1.807) is 18.2 Å². The number of carbonyl (C=O) groups excluding carboxylic acids is 2. The predicted molar refractivity (Wildman–Crippen MR) is 69.5 cm³/mol. The van der Waals surface area contributed by atoms with Gasteiger partial charge in [-0.3, -0.25) is 9.59 Å². The van der Waals surface area contributed by atoms with E-state index in [9.17, 15) is 14.0 Å². The van der Waals surface area contributed by atoms with Crippen molar-refractivity contribution in [1.29, 1.82) is 0 Å². The number of benzene rings is 1. The quantitative estimate of drug-likeness (QED) is 0.573. The van der Waals surface area contributed by atoms with Crippen LogP contribution >= 0.6 is 0 Å². The molecule has 0 aromatic heterocycles. The third-order valence-electron chi connectivity index (χ3n) is 2.74. The Labute approximate surface area is 107 Å². The molecule has 0 spiro atoms. The van der Waals surface area contributed by atoms with Gasteiger partial charge in [-0.2, -0.15) is 0 Å². The largest absolute Gasteiger partial charge is 0.296 e. The fraction of sp³-hybridized carbons (Fsp3) is 0.467. The highest BCUT2D eigenvalue weighted by Gasteiger charge is 2.27. The molecule has 0 saturated heterocycles. The lowest BCUT2D eigenvalue weighted by atomic mass is 9.97. The van der Waals surface area contributed by atoms with Crippen molar-refractivity contribution in [3.05, 3.63) is 35.4 Å². The monoisotopic (exact) mass is 250 g/mol. The van der Waals surface area contributed by atoms with Crippen molar-refractivity contribution in [2.75, 3.05) is 0 Å². The fourth-order valence-electron chi connectivity index (χ4n) is 1.74. The first-order chi connectivity index (χ1) is 8.45. The highest BCUT2D eigenvalue weighted by atomic mass is 19.1. The van der Waals surface area contributed by atoms with E-state index in [0.717, 1.165) is 12.0 Å². The Hall–Kier alpha value is -1.51. The third kappa shape index (κ3) is 3.76. The van der Waals surface area contributed by atoms with Crippen molar-refractivity contribution in [3.63, 3.8) is 0 Å². The van der Waals surface area contributed by atoms with Gasteiger partial charge in [-0.25, -0.2) is 4.39 Å². The van der Waals surface area contributed by atoms with Crippen molar-refractivity contribution < 1.29 is 14.0 Å². The zero-order valence-corrected chi connectivity index (χ0v) is 11.1. The highest BCUT2D eigenvalue weighted by Crippen LogP contribution is 2.13. The van der Waals surface area contributed by atoms with Crippen LogP contribution in [0.4, 0.5) is 4.39 Å². The summed E-state index contributed by atoms with van der Waals surface area (Å²) in [6.45, 7) is 5.61. The number of Topliss-reactive ketones (excluding diaryl/α,β-unsaturated/α-hetero) is 2. The second-order valence-corrected chi connectivity index (χ2v) is 4.85. The molecule has 0 fully saturated rings. The Morgan fingerprint density at radius 3 is 2.50 bits per heavy atom. The summed E-state index contributed by atoms with van der Waals surface area (Å²) in [6, 6.07) is 6.79. The molecule has 1 unspecified atom stereocenters. The molecule has 2 nitrogen and oxygen atoms in total. The summed E-state index contributed by atoms with van der Waals surface area (Å²) in [7, 11) is 0. The lowest BCUT2D eigenvalue weighted by Gasteiger charge is -2.09. The first-order valence-electron chi connectivity index (χ1n) is 6.25. The van der Waals surface area contributed by atoms with Gasteiger partial charge in [0.2, 0.25) is 12.0 Å². The van der Waals surface area contributed by atoms with Crippen molar-refractivity contribution in [3.8, 4) is 0 Å². The van der Waals surface area contributed by atoms with Crippen LogP contribution in [-0.2, 0) is 11.2 Å². The molecule has 1 aromatic rings. The van der Waals surface area contributed by atoms with Crippen LogP contribution in [0.5, 0.6) is 0 Å². The molecule has 1 atom stereocenters. The lowest BCUT2D eigenvalue weighted by Crippen LogP contribution is -2.27. The van der Waals surface area contributed by atoms with Gasteiger partial charge in [0, 0.05) is 12.0 Å². The van der Waals surface area contributed by atoms with Gasteiger partial charge in [-0.05, 0) is 24.0 Å². The Morgan fingerprint density at radius 2 is 1.94 bits per heavy atom. The summed E-state index contributed by atoms with van der Waals surface area (Å²) in [5.41, 5.74) is 1.24. The van der Waals surface area contributed by atoms with Crippen LogP contribution in [0.15, 0.2) is 24.3 Å². The number of ketones is 2. The molecular formula is C15H19FO2. The number of halogens is 1. The number of carbonyl (C=O) groups is 2. The summed E-state index contributed by atoms with van der Waals surface area (Å²) in [5.74, 6) is -1.29. The minimum atomic E-state index is -2.03. The lowest BCUT2D eigenvalue weighted by molar-refractivity contribution is -0.122. The van der Waals surface area contributed by atoms with Crippen LogP contribution in [0.25, 0.3) is 0 Å². The second-order valence-electron chi connectivity index (χ2n) is 4.85. The molecule has 0 N–H and O–H groups in total. The van der Waals surface area contributed by atoms with Crippen LogP contribution in [0.2, 0.25) is 0 Å². The van der Waals surface area contributed by atoms with E-state index in [1.807, 2.05) is 26.8 Å². The molecule has 0 bridgehead atoms. The van der Waals surface area contributed by atoms with Crippen LogP contribution in [0, 0.1) is 5.92 Å². The highest BCUT2D eigenvalue weighted by molar-refractivity contribution is 6.13. The van der Waals surface area contributed by atoms with E-state index < -0.39 is 17.7 Å². The van der Waals surface area contributed by atoms with Gasteiger partial charge in [-0.1, -0.05) is 39.0 Å². The molecule has 0 aliphatic carbocycles. The van der Waals surface area contributed by atoms with Crippen molar-refractivity contribution in [2.24, 2.45) is 5.92 Å². The number of alkyl halides is 1. The molecule has 98 valence electrons. The predicted octanol–water partition coefficient (Wildman–Crippen LogP) is 3.39. The summed E-state index contributed by atoms with van der Waals surface area (Å²) in [4.78, 5) is 23.4.